The minimum absolute atomic E-state index is 0.0913. The number of nitrogen functional groups attached to an aromatic ring is 1. The van der Waals surface area contributed by atoms with Gasteiger partial charge in [-0.15, -0.1) is 0 Å². The molecular weight excluding hydrogens is 278 g/mol. The van der Waals surface area contributed by atoms with Gasteiger partial charge in [0.05, 0.1) is 11.4 Å². The first-order chi connectivity index (χ1) is 9.54. The van der Waals surface area contributed by atoms with E-state index in [1.54, 1.807) is 43.3 Å². The number of ether oxygens (including phenoxy) is 1. The molecule has 2 aromatic rings. The van der Waals surface area contributed by atoms with Crippen molar-refractivity contribution in [3.8, 4) is 5.75 Å². The van der Waals surface area contributed by atoms with Gasteiger partial charge in [0.15, 0.2) is 6.61 Å². The molecule has 0 aliphatic heterocycles. The van der Waals surface area contributed by atoms with Crippen LogP contribution in [0.1, 0.15) is 5.69 Å². The molecule has 0 fully saturated rings. The largest absolute Gasteiger partial charge is 0.484 e. The van der Waals surface area contributed by atoms with Crippen molar-refractivity contribution >= 4 is 28.9 Å². The molecule has 0 spiro atoms. The van der Waals surface area contributed by atoms with Gasteiger partial charge in [0.2, 0.25) is 0 Å². The fraction of sp³-hybridized carbons (Fsp3) is 0.143. The van der Waals surface area contributed by atoms with Crippen LogP contribution >= 0.6 is 11.6 Å². The second-order valence-electron chi connectivity index (χ2n) is 4.17. The quantitative estimate of drug-likeness (QED) is 0.670. The topological polar surface area (TPSA) is 77.2 Å². The van der Waals surface area contributed by atoms with E-state index in [1.807, 2.05) is 0 Å². The third kappa shape index (κ3) is 3.86. The molecule has 1 heterocycles. The number of pyridine rings is 1. The maximum absolute atomic E-state index is 11.8. The van der Waals surface area contributed by atoms with Gasteiger partial charge < -0.3 is 15.8 Å². The van der Waals surface area contributed by atoms with Gasteiger partial charge in [-0.05, 0) is 43.3 Å². The van der Waals surface area contributed by atoms with Crippen LogP contribution in [0.25, 0.3) is 0 Å². The Hall–Kier alpha value is -2.27. The van der Waals surface area contributed by atoms with Crippen LogP contribution in [0.15, 0.2) is 36.4 Å². The predicted molar refractivity (Wildman–Crippen MR) is 79.0 cm³/mol. The Morgan fingerprint density at radius 2 is 2.00 bits per heavy atom. The number of nitrogens with two attached hydrogens (primary N) is 1. The Bertz CT molecular complexity index is 614. The van der Waals surface area contributed by atoms with E-state index in [4.69, 9.17) is 22.1 Å². The summed E-state index contributed by atoms with van der Waals surface area (Å²) in [6, 6.07) is 10.1. The van der Waals surface area contributed by atoms with Gasteiger partial charge in [-0.1, -0.05) is 11.6 Å². The third-order valence-electron chi connectivity index (χ3n) is 2.58. The maximum atomic E-state index is 11.8. The molecule has 20 heavy (non-hydrogen) atoms. The van der Waals surface area contributed by atoms with Gasteiger partial charge in [-0.2, -0.15) is 0 Å². The zero-order valence-electron chi connectivity index (χ0n) is 10.9. The van der Waals surface area contributed by atoms with Crippen molar-refractivity contribution in [3.05, 3.63) is 47.2 Å². The van der Waals surface area contributed by atoms with Gasteiger partial charge >= 0.3 is 0 Å². The van der Waals surface area contributed by atoms with Crippen LogP contribution in [0.4, 0.5) is 11.4 Å². The number of nitrogens with one attached hydrogen (secondary N) is 1. The van der Waals surface area contributed by atoms with Crippen LogP contribution < -0.4 is 15.8 Å². The molecule has 0 radical (unpaired) electrons. The normalized spacial score (nSPS) is 10.1. The van der Waals surface area contributed by atoms with Crippen molar-refractivity contribution < 1.29 is 9.53 Å². The molecule has 0 bridgehead atoms. The molecule has 0 aliphatic rings. The van der Waals surface area contributed by atoms with Crippen molar-refractivity contribution in [2.45, 2.75) is 6.92 Å². The first-order valence-corrected chi connectivity index (χ1v) is 6.34. The number of carbonyl (C=O) groups excluding carboxylic acids is 1. The van der Waals surface area contributed by atoms with Gasteiger partial charge in [-0.25, -0.2) is 4.98 Å². The number of anilines is 2. The molecule has 1 aromatic heterocycles. The molecule has 0 unspecified atom stereocenters. The van der Waals surface area contributed by atoms with E-state index in [-0.39, 0.29) is 12.5 Å². The number of hydrogen-bond acceptors (Lipinski definition) is 4. The Morgan fingerprint density at radius 3 is 2.65 bits per heavy atom. The molecular formula is C14H14ClN3O2. The second kappa shape index (κ2) is 6.25. The average Bonchev–Trinajstić information content (AvgIpc) is 2.41. The highest BCUT2D eigenvalue weighted by molar-refractivity contribution is 6.29. The van der Waals surface area contributed by atoms with E-state index in [0.29, 0.717) is 28.0 Å². The van der Waals surface area contributed by atoms with Gasteiger partial charge in [0.25, 0.3) is 5.91 Å². The van der Waals surface area contributed by atoms with Crippen LogP contribution in [0, 0.1) is 6.92 Å². The molecule has 1 amide bonds. The number of nitrogens with zero attached hydrogens (tertiary/aromatic N) is 1. The minimum Gasteiger partial charge on any atom is -0.484 e. The standard InChI is InChI=1S/C14H14ClN3O2/c1-9-12(6-7-13(15)17-9)18-14(19)8-20-11-4-2-10(16)3-5-11/h2-7H,8,16H2,1H3,(H,18,19). The van der Waals surface area contributed by atoms with E-state index < -0.39 is 0 Å². The highest BCUT2D eigenvalue weighted by Crippen LogP contribution is 2.16. The third-order valence-corrected chi connectivity index (χ3v) is 2.79. The Balaban J connectivity index is 1.90. The van der Waals surface area contributed by atoms with Crippen LogP contribution in [0.2, 0.25) is 5.15 Å². The molecule has 0 saturated heterocycles. The number of aryl methyl sites for hydroxylation is 1. The van der Waals surface area contributed by atoms with Crippen molar-refractivity contribution in [3.63, 3.8) is 0 Å². The van der Waals surface area contributed by atoms with Crippen molar-refractivity contribution in [1.82, 2.24) is 4.98 Å². The van der Waals surface area contributed by atoms with E-state index in [2.05, 4.69) is 10.3 Å². The van der Waals surface area contributed by atoms with Crippen molar-refractivity contribution in [2.24, 2.45) is 0 Å². The highest BCUT2D eigenvalue weighted by Gasteiger charge is 2.07. The Morgan fingerprint density at radius 1 is 1.30 bits per heavy atom. The average molecular weight is 292 g/mol. The molecule has 1 aromatic carbocycles. The zero-order valence-corrected chi connectivity index (χ0v) is 11.6. The number of aromatic nitrogens is 1. The van der Waals surface area contributed by atoms with E-state index in [0.717, 1.165) is 0 Å². The summed E-state index contributed by atoms with van der Waals surface area (Å²) < 4.78 is 5.34. The summed E-state index contributed by atoms with van der Waals surface area (Å²) in [7, 11) is 0. The molecule has 0 atom stereocenters. The lowest BCUT2D eigenvalue weighted by atomic mass is 10.3. The van der Waals surface area contributed by atoms with Crippen LogP contribution in [-0.2, 0) is 4.79 Å². The van der Waals surface area contributed by atoms with Crippen molar-refractivity contribution in [2.75, 3.05) is 17.7 Å². The first-order valence-electron chi connectivity index (χ1n) is 5.96. The fourth-order valence-electron chi connectivity index (χ4n) is 1.56. The summed E-state index contributed by atoms with van der Waals surface area (Å²) in [6.45, 7) is 1.67. The molecule has 0 aliphatic carbocycles. The summed E-state index contributed by atoms with van der Waals surface area (Å²) in [5.74, 6) is 0.314. The Labute approximate surface area is 121 Å². The van der Waals surface area contributed by atoms with E-state index in [1.165, 1.54) is 0 Å². The summed E-state index contributed by atoms with van der Waals surface area (Å²) in [4.78, 5) is 15.8. The van der Waals surface area contributed by atoms with Gasteiger partial charge in [0, 0.05) is 5.69 Å². The summed E-state index contributed by atoms with van der Waals surface area (Å²) in [5.41, 5.74) is 7.47. The molecule has 2 rings (SSSR count). The summed E-state index contributed by atoms with van der Waals surface area (Å²) >= 11 is 5.75. The zero-order chi connectivity index (χ0) is 14.5. The molecule has 6 heteroatoms. The van der Waals surface area contributed by atoms with Crippen LogP contribution in [0.3, 0.4) is 0 Å². The molecule has 3 N–H and O–H groups in total. The SMILES string of the molecule is Cc1nc(Cl)ccc1NC(=O)COc1ccc(N)cc1. The van der Waals surface area contributed by atoms with Crippen molar-refractivity contribution in [1.29, 1.82) is 0 Å². The lowest BCUT2D eigenvalue weighted by molar-refractivity contribution is -0.118. The van der Waals surface area contributed by atoms with E-state index in [9.17, 15) is 4.79 Å². The number of halogens is 1. The van der Waals surface area contributed by atoms with Crippen LogP contribution in [0.5, 0.6) is 5.75 Å². The molecule has 5 nitrogen and oxygen atoms in total. The predicted octanol–water partition coefficient (Wildman–Crippen LogP) is 2.64. The molecule has 104 valence electrons. The summed E-state index contributed by atoms with van der Waals surface area (Å²) in [5, 5.41) is 3.10. The monoisotopic (exact) mass is 291 g/mol. The molecule has 0 saturated carbocycles. The second-order valence-corrected chi connectivity index (χ2v) is 4.56. The number of benzene rings is 1. The summed E-state index contributed by atoms with van der Waals surface area (Å²) in [6.07, 6.45) is 0. The van der Waals surface area contributed by atoms with Crippen LogP contribution in [-0.4, -0.2) is 17.5 Å². The fourth-order valence-corrected chi connectivity index (χ4v) is 1.75. The highest BCUT2D eigenvalue weighted by atomic mass is 35.5. The number of carbonyl (C=O) groups is 1. The lowest BCUT2D eigenvalue weighted by Crippen LogP contribution is -2.20. The number of rotatable bonds is 4. The first kappa shape index (κ1) is 14.1. The number of amides is 1. The number of hydrogen-bond donors (Lipinski definition) is 2. The lowest BCUT2D eigenvalue weighted by Gasteiger charge is -2.09. The van der Waals surface area contributed by atoms with Gasteiger partial charge in [-0.3, -0.25) is 4.79 Å². The smallest absolute Gasteiger partial charge is 0.262 e. The van der Waals surface area contributed by atoms with E-state index >= 15 is 0 Å². The van der Waals surface area contributed by atoms with Gasteiger partial charge in [0.1, 0.15) is 10.9 Å². The minimum atomic E-state index is -0.269. The maximum Gasteiger partial charge on any atom is 0.262 e. The Kier molecular flexibility index (Phi) is 4.42.